The maximum Gasteiger partial charge on any atom is 0.126 e. The van der Waals surface area contributed by atoms with Crippen LogP contribution in [0.15, 0.2) is 18.2 Å². The Kier molecular flexibility index (Phi) is 5.60. The SMILES string of the molecule is COCCC(C)Oc1cccc(Cl)c1CO. The van der Waals surface area contributed by atoms with Crippen LogP contribution in [0.25, 0.3) is 0 Å². The molecule has 0 amide bonds. The number of ether oxygens (including phenoxy) is 2. The first-order chi connectivity index (χ1) is 7.69. The van der Waals surface area contributed by atoms with E-state index >= 15 is 0 Å². The largest absolute Gasteiger partial charge is 0.490 e. The maximum absolute atomic E-state index is 9.20. The monoisotopic (exact) mass is 244 g/mol. The number of benzene rings is 1. The van der Waals surface area contributed by atoms with Crippen LogP contribution < -0.4 is 4.74 Å². The van der Waals surface area contributed by atoms with Crippen molar-refractivity contribution in [2.75, 3.05) is 13.7 Å². The summed E-state index contributed by atoms with van der Waals surface area (Å²) in [6.45, 7) is 2.49. The van der Waals surface area contributed by atoms with Crippen LogP contribution in [-0.4, -0.2) is 24.9 Å². The summed E-state index contributed by atoms with van der Waals surface area (Å²) in [5.74, 6) is 0.638. The van der Waals surface area contributed by atoms with Crippen LogP contribution in [0, 0.1) is 0 Å². The lowest BCUT2D eigenvalue weighted by molar-refractivity contribution is 0.133. The Labute approximate surface area is 101 Å². The molecule has 16 heavy (non-hydrogen) atoms. The van der Waals surface area contributed by atoms with Gasteiger partial charge in [-0.1, -0.05) is 17.7 Å². The highest BCUT2D eigenvalue weighted by Gasteiger charge is 2.10. The highest BCUT2D eigenvalue weighted by molar-refractivity contribution is 6.31. The smallest absolute Gasteiger partial charge is 0.126 e. The zero-order chi connectivity index (χ0) is 12.0. The average molecular weight is 245 g/mol. The van der Waals surface area contributed by atoms with E-state index in [2.05, 4.69) is 0 Å². The van der Waals surface area contributed by atoms with E-state index in [0.717, 1.165) is 6.42 Å². The standard InChI is InChI=1S/C12H17ClO3/c1-9(6-7-15-2)16-12-5-3-4-11(13)10(12)8-14/h3-5,9,14H,6-8H2,1-2H3. The molecule has 1 aromatic carbocycles. The van der Waals surface area contributed by atoms with Gasteiger partial charge >= 0.3 is 0 Å². The Bertz CT molecular complexity index is 328. The van der Waals surface area contributed by atoms with Gasteiger partial charge in [0.05, 0.1) is 12.7 Å². The minimum absolute atomic E-state index is 0.0312. The Balaban J connectivity index is 2.69. The third-order valence-corrected chi connectivity index (χ3v) is 2.64. The summed E-state index contributed by atoms with van der Waals surface area (Å²) < 4.78 is 10.7. The lowest BCUT2D eigenvalue weighted by Crippen LogP contribution is -2.15. The first-order valence-corrected chi connectivity index (χ1v) is 5.60. The van der Waals surface area contributed by atoms with Crippen molar-refractivity contribution < 1.29 is 14.6 Å². The number of rotatable bonds is 6. The van der Waals surface area contributed by atoms with Crippen LogP contribution in [0.5, 0.6) is 5.75 Å². The molecule has 90 valence electrons. The molecule has 0 fully saturated rings. The minimum Gasteiger partial charge on any atom is -0.490 e. The molecule has 0 saturated heterocycles. The zero-order valence-electron chi connectivity index (χ0n) is 9.57. The molecule has 0 spiro atoms. The minimum atomic E-state index is -0.119. The molecule has 1 aromatic rings. The maximum atomic E-state index is 9.20. The molecule has 1 atom stereocenters. The highest BCUT2D eigenvalue weighted by Crippen LogP contribution is 2.27. The molecule has 0 aliphatic carbocycles. The van der Waals surface area contributed by atoms with Crippen LogP contribution in [0.1, 0.15) is 18.9 Å². The summed E-state index contributed by atoms with van der Waals surface area (Å²) in [5.41, 5.74) is 0.633. The second kappa shape index (κ2) is 6.74. The number of methoxy groups -OCH3 is 1. The Morgan fingerprint density at radius 1 is 1.44 bits per heavy atom. The van der Waals surface area contributed by atoms with E-state index in [0.29, 0.717) is 22.9 Å². The summed E-state index contributed by atoms with van der Waals surface area (Å²) >= 11 is 5.95. The van der Waals surface area contributed by atoms with Gasteiger partial charge < -0.3 is 14.6 Å². The van der Waals surface area contributed by atoms with E-state index in [4.69, 9.17) is 21.1 Å². The normalized spacial score (nSPS) is 12.5. The molecule has 0 radical (unpaired) electrons. The summed E-state index contributed by atoms with van der Waals surface area (Å²) in [4.78, 5) is 0. The average Bonchev–Trinajstić information content (AvgIpc) is 2.27. The number of halogens is 1. The van der Waals surface area contributed by atoms with Gasteiger partial charge in [0.1, 0.15) is 5.75 Å². The topological polar surface area (TPSA) is 38.7 Å². The highest BCUT2D eigenvalue weighted by atomic mass is 35.5. The Morgan fingerprint density at radius 3 is 2.81 bits per heavy atom. The first-order valence-electron chi connectivity index (χ1n) is 5.23. The van der Waals surface area contributed by atoms with Crippen molar-refractivity contribution in [1.29, 1.82) is 0 Å². The molecule has 0 bridgehead atoms. The lowest BCUT2D eigenvalue weighted by atomic mass is 10.2. The van der Waals surface area contributed by atoms with Crippen molar-refractivity contribution in [3.05, 3.63) is 28.8 Å². The molecule has 0 aliphatic rings. The predicted molar refractivity (Wildman–Crippen MR) is 64.0 cm³/mol. The molecular formula is C12H17ClO3. The summed E-state index contributed by atoms with van der Waals surface area (Å²) in [7, 11) is 1.66. The molecule has 3 nitrogen and oxygen atoms in total. The van der Waals surface area contributed by atoms with Crippen LogP contribution in [0.2, 0.25) is 5.02 Å². The first kappa shape index (κ1) is 13.3. The molecule has 0 saturated carbocycles. The number of aliphatic hydroxyl groups is 1. The van der Waals surface area contributed by atoms with Crippen LogP contribution in [0.3, 0.4) is 0 Å². The third kappa shape index (κ3) is 3.67. The van der Waals surface area contributed by atoms with Crippen molar-refractivity contribution in [3.8, 4) is 5.75 Å². The predicted octanol–water partition coefficient (Wildman–Crippen LogP) is 2.64. The van der Waals surface area contributed by atoms with Gasteiger partial charge in [0.25, 0.3) is 0 Å². The lowest BCUT2D eigenvalue weighted by Gasteiger charge is -2.17. The van der Waals surface area contributed by atoms with Gasteiger partial charge in [-0.05, 0) is 19.1 Å². The summed E-state index contributed by atoms with van der Waals surface area (Å²) in [6, 6.07) is 5.35. The van der Waals surface area contributed by atoms with Gasteiger partial charge in [0.15, 0.2) is 0 Å². The molecule has 0 aliphatic heterocycles. The Hall–Kier alpha value is -0.770. The van der Waals surface area contributed by atoms with E-state index in [1.165, 1.54) is 0 Å². The van der Waals surface area contributed by atoms with Gasteiger partial charge in [-0.3, -0.25) is 0 Å². The van der Waals surface area contributed by atoms with E-state index in [1.807, 2.05) is 6.92 Å². The van der Waals surface area contributed by atoms with Gasteiger partial charge in [0.2, 0.25) is 0 Å². The molecule has 1 rings (SSSR count). The second-order valence-corrected chi connectivity index (χ2v) is 3.99. The van der Waals surface area contributed by atoms with E-state index in [9.17, 15) is 5.11 Å². The van der Waals surface area contributed by atoms with Crippen LogP contribution in [0.4, 0.5) is 0 Å². The Morgan fingerprint density at radius 2 is 2.19 bits per heavy atom. The molecule has 0 aromatic heterocycles. The fraction of sp³-hybridized carbons (Fsp3) is 0.500. The van der Waals surface area contributed by atoms with Crippen LogP contribution >= 0.6 is 11.6 Å². The van der Waals surface area contributed by atoms with Gasteiger partial charge in [0, 0.05) is 30.7 Å². The third-order valence-electron chi connectivity index (χ3n) is 2.29. The molecule has 1 unspecified atom stereocenters. The quantitative estimate of drug-likeness (QED) is 0.836. The summed E-state index contributed by atoms with van der Waals surface area (Å²) in [5, 5.41) is 9.73. The van der Waals surface area contributed by atoms with Crippen molar-refractivity contribution in [3.63, 3.8) is 0 Å². The van der Waals surface area contributed by atoms with Crippen LogP contribution in [-0.2, 0) is 11.3 Å². The molecular weight excluding hydrogens is 228 g/mol. The fourth-order valence-corrected chi connectivity index (χ4v) is 1.59. The van der Waals surface area contributed by atoms with Crippen molar-refractivity contribution in [2.24, 2.45) is 0 Å². The van der Waals surface area contributed by atoms with Gasteiger partial charge in [-0.2, -0.15) is 0 Å². The van der Waals surface area contributed by atoms with Crippen molar-refractivity contribution in [2.45, 2.75) is 26.1 Å². The number of hydrogen-bond acceptors (Lipinski definition) is 3. The molecule has 1 N–H and O–H groups in total. The van der Waals surface area contributed by atoms with Crippen molar-refractivity contribution in [1.82, 2.24) is 0 Å². The molecule has 0 heterocycles. The van der Waals surface area contributed by atoms with Crippen molar-refractivity contribution >= 4 is 11.6 Å². The summed E-state index contributed by atoms with van der Waals surface area (Å²) in [6.07, 6.45) is 0.831. The van der Waals surface area contributed by atoms with E-state index in [1.54, 1.807) is 25.3 Å². The van der Waals surface area contributed by atoms with Gasteiger partial charge in [-0.25, -0.2) is 0 Å². The van der Waals surface area contributed by atoms with Gasteiger partial charge in [-0.15, -0.1) is 0 Å². The van der Waals surface area contributed by atoms with E-state index < -0.39 is 0 Å². The van der Waals surface area contributed by atoms with E-state index in [-0.39, 0.29) is 12.7 Å². The number of hydrogen-bond donors (Lipinski definition) is 1. The number of aliphatic hydroxyl groups excluding tert-OH is 1. The fourth-order valence-electron chi connectivity index (χ4n) is 1.36. The second-order valence-electron chi connectivity index (χ2n) is 3.58. The molecule has 4 heteroatoms. The zero-order valence-corrected chi connectivity index (χ0v) is 10.3.